The molecule has 0 saturated carbocycles. The molecular formula is C12H20N4O3S. The van der Waals surface area contributed by atoms with Crippen molar-refractivity contribution in [2.24, 2.45) is 5.14 Å². The van der Waals surface area contributed by atoms with E-state index in [1.165, 1.54) is 0 Å². The van der Waals surface area contributed by atoms with E-state index >= 15 is 0 Å². The number of hydrogen-bond donors (Lipinski definition) is 2. The van der Waals surface area contributed by atoms with E-state index in [1.807, 2.05) is 6.92 Å². The summed E-state index contributed by atoms with van der Waals surface area (Å²) in [5.41, 5.74) is 0.290. The van der Waals surface area contributed by atoms with Crippen LogP contribution in [-0.4, -0.2) is 42.0 Å². The number of amides is 1. The average molecular weight is 300 g/mol. The van der Waals surface area contributed by atoms with Crippen LogP contribution in [0.25, 0.3) is 0 Å². The molecule has 0 radical (unpaired) electrons. The van der Waals surface area contributed by atoms with Crippen molar-refractivity contribution < 1.29 is 13.2 Å². The number of sulfonamides is 1. The number of nitrogens with zero attached hydrogens (tertiary/aromatic N) is 2. The fourth-order valence-corrected chi connectivity index (χ4v) is 3.53. The Morgan fingerprint density at radius 1 is 1.50 bits per heavy atom. The van der Waals surface area contributed by atoms with E-state index in [1.54, 1.807) is 11.8 Å². The molecule has 1 fully saturated rings. The highest BCUT2D eigenvalue weighted by molar-refractivity contribution is 7.89. The van der Waals surface area contributed by atoms with Crippen molar-refractivity contribution in [3.8, 4) is 0 Å². The van der Waals surface area contributed by atoms with E-state index in [-0.39, 0.29) is 22.5 Å². The lowest BCUT2D eigenvalue weighted by Gasteiger charge is -2.33. The molecule has 0 spiro atoms. The number of primary sulfonamides is 1. The number of rotatable bonds is 3. The highest BCUT2D eigenvalue weighted by Gasteiger charge is 2.32. The monoisotopic (exact) mass is 300 g/mol. The largest absolute Gasteiger partial charge is 0.335 e. The Morgan fingerprint density at radius 3 is 2.75 bits per heavy atom. The minimum Gasteiger partial charge on any atom is -0.335 e. The Hall–Kier alpha value is -1.41. The number of aromatic amines is 1. The molecular weight excluding hydrogens is 280 g/mol. The van der Waals surface area contributed by atoms with E-state index in [2.05, 4.69) is 10.2 Å². The number of H-pyrrole nitrogens is 1. The van der Waals surface area contributed by atoms with Gasteiger partial charge in [0.1, 0.15) is 4.90 Å². The zero-order valence-electron chi connectivity index (χ0n) is 11.7. The van der Waals surface area contributed by atoms with Crippen LogP contribution in [-0.2, 0) is 16.4 Å². The summed E-state index contributed by atoms with van der Waals surface area (Å²) in [5.74, 6) is -0.364. The normalized spacial score (nSPS) is 20.1. The van der Waals surface area contributed by atoms with E-state index in [0.29, 0.717) is 18.7 Å². The number of piperidine rings is 1. The fraction of sp³-hybridized carbons (Fsp3) is 0.667. The van der Waals surface area contributed by atoms with Crippen molar-refractivity contribution in [2.75, 3.05) is 6.54 Å². The van der Waals surface area contributed by atoms with Gasteiger partial charge in [0.25, 0.3) is 5.91 Å². The van der Waals surface area contributed by atoms with Gasteiger partial charge >= 0.3 is 0 Å². The Kier molecular flexibility index (Phi) is 4.14. The standard InChI is InChI=1S/C12H20N4O3S/c1-3-9-11(20(13,18)19)10(15-14-9)12(17)16-7-5-4-6-8(16)2/h8H,3-7H2,1-2H3,(H,14,15)(H2,13,18,19). The summed E-state index contributed by atoms with van der Waals surface area (Å²) in [6.45, 7) is 4.36. The topological polar surface area (TPSA) is 109 Å². The number of likely N-dealkylation sites (tertiary alicyclic amines) is 1. The van der Waals surface area contributed by atoms with Crippen LogP contribution in [0.3, 0.4) is 0 Å². The minimum atomic E-state index is -3.98. The third kappa shape index (κ3) is 2.71. The molecule has 1 aliphatic rings. The quantitative estimate of drug-likeness (QED) is 0.853. The van der Waals surface area contributed by atoms with E-state index in [9.17, 15) is 13.2 Å². The molecule has 7 nitrogen and oxygen atoms in total. The fourth-order valence-electron chi connectivity index (χ4n) is 2.59. The maximum Gasteiger partial charge on any atom is 0.276 e. The second-order valence-electron chi connectivity index (χ2n) is 5.12. The molecule has 1 saturated heterocycles. The van der Waals surface area contributed by atoms with Crippen molar-refractivity contribution in [3.05, 3.63) is 11.4 Å². The Morgan fingerprint density at radius 2 is 2.20 bits per heavy atom. The van der Waals surface area contributed by atoms with Gasteiger partial charge in [-0.3, -0.25) is 9.89 Å². The summed E-state index contributed by atoms with van der Waals surface area (Å²) in [5, 5.41) is 11.7. The lowest BCUT2D eigenvalue weighted by atomic mass is 10.0. The number of aromatic nitrogens is 2. The van der Waals surface area contributed by atoms with Crippen molar-refractivity contribution in [2.45, 2.75) is 50.5 Å². The molecule has 20 heavy (non-hydrogen) atoms. The summed E-state index contributed by atoms with van der Waals surface area (Å²) in [6, 6.07) is 0.0892. The van der Waals surface area contributed by atoms with Gasteiger partial charge in [0.15, 0.2) is 5.69 Å². The highest BCUT2D eigenvalue weighted by atomic mass is 32.2. The number of carbonyl (C=O) groups excluding carboxylic acids is 1. The lowest BCUT2D eigenvalue weighted by molar-refractivity contribution is 0.0625. The van der Waals surface area contributed by atoms with Gasteiger partial charge in [-0.2, -0.15) is 5.10 Å². The first-order valence-electron chi connectivity index (χ1n) is 6.77. The molecule has 112 valence electrons. The van der Waals surface area contributed by atoms with E-state index < -0.39 is 10.0 Å². The third-order valence-corrected chi connectivity index (χ3v) is 4.71. The zero-order valence-corrected chi connectivity index (χ0v) is 12.5. The van der Waals surface area contributed by atoms with Crippen LogP contribution in [0.1, 0.15) is 49.3 Å². The minimum absolute atomic E-state index is 0.0851. The second-order valence-corrected chi connectivity index (χ2v) is 6.62. The third-order valence-electron chi connectivity index (χ3n) is 3.70. The molecule has 3 N–H and O–H groups in total. The second kappa shape index (κ2) is 5.53. The molecule has 1 aromatic heterocycles. The van der Waals surface area contributed by atoms with E-state index in [4.69, 9.17) is 5.14 Å². The van der Waals surface area contributed by atoms with Crippen LogP contribution in [0.15, 0.2) is 4.90 Å². The number of nitrogens with one attached hydrogen (secondary N) is 1. The number of hydrogen-bond acceptors (Lipinski definition) is 4. The van der Waals surface area contributed by atoms with Gasteiger partial charge < -0.3 is 4.90 Å². The number of aryl methyl sites for hydroxylation is 1. The molecule has 0 aromatic carbocycles. The van der Waals surface area contributed by atoms with Crippen LogP contribution in [0.4, 0.5) is 0 Å². The van der Waals surface area contributed by atoms with E-state index in [0.717, 1.165) is 19.3 Å². The van der Waals surface area contributed by atoms with Crippen LogP contribution >= 0.6 is 0 Å². The SMILES string of the molecule is CCc1[nH]nc(C(=O)N2CCCCC2C)c1S(N)(=O)=O. The molecule has 2 heterocycles. The predicted molar refractivity (Wildman–Crippen MR) is 73.7 cm³/mol. The van der Waals surface area contributed by atoms with Gasteiger partial charge in [-0.05, 0) is 32.6 Å². The van der Waals surface area contributed by atoms with Crippen molar-refractivity contribution in [3.63, 3.8) is 0 Å². The first-order valence-corrected chi connectivity index (χ1v) is 8.32. The first kappa shape index (κ1) is 15.0. The summed E-state index contributed by atoms with van der Waals surface area (Å²) < 4.78 is 23.4. The van der Waals surface area contributed by atoms with Crippen molar-refractivity contribution >= 4 is 15.9 Å². The number of carbonyl (C=O) groups is 1. The Balaban J connectivity index is 2.42. The molecule has 2 rings (SSSR count). The Labute approximate surface area is 118 Å². The van der Waals surface area contributed by atoms with Gasteiger partial charge in [-0.15, -0.1) is 0 Å². The molecule has 1 atom stereocenters. The molecule has 1 amide bonds. The van der Waals surface area contributed by atoms with Crippen LogP contribution in [0.5, 0.6) is 0 Å². The molecule has 1 aliphatic heterocycles. The smallest absolute Gasteiger partial charge is 0.276 e. The molecule has 0 bridgehead atoms. The Bertz CT molecular complexity index is 608. The van der Waals surface area contributed by atoms with Crippen LogP contribution < -0.4 is 5.14 Å². The summed E-state index contributed by atoms with van der Waals surface area (Å²) in [4.78, 5) is 14.0. The van der Waals surface area contributed by atoms with Crippen LogP contribution in [0.2, 0.25) is 0 Å². The molecule has 1 unspecified atom stereocenters. The maximum atomic E-state index is 12.5. The zero-order chi connectivity index (χ0) is 14.9. The van der Waals surface area contributed by atoms with Gasteiger partial charge in [-0.1, -0.05) is 6.92 Å². The van der Waals surface area contributed by atoms with Crippen molar-refractivity contribution in [1.29, 1.82) is 0 Å². The summed E-state index contributed by atoms with van der Waals surface area (Å²) in [7, 11) is -3.98. The van der Waals surface area contributed by atoms with Gasteiger partial charge in [0.2, 0.25) is 10.0 Å². The van der Waals surface area contributed by atoms with Crippen molar-refractivity contribution in [1.82, 2.24) is 15.1 Å². The molecule has 1 aromatic rings. The van der Waals surface area contributed by atoms with Gasteiger partial charge in [0.05, 0.1) is 5.69 Å². The van der Waals surface area contributed by atoms with Crippen LogP contribution in [0, 0.1) is 0 Å². The lowest BCUT2D eigenvalue weighted by Crippen LogP contribution is -2.42. The average Bonchev–Trinajstić information content (AvgIpc) is 2.82. The maximum absolute atomic E-state index is 12.5. The molecule has 8 heteroatoms. The van der Waals surface area contributed by atoms with Gasteiger partial charge in [0, 0.05) is 12.6 Å². The highest BCUT2D eigenvalue weighted by Crippen LogP contribution is 2.23. The molecule has 0 aliphatic carbocycles. The van der Waals surface area contributed by atoms with Gasteiger partial charge in [-0.25, -0.2) is 13.6 Å². The number of nitrogens with two attached hydrogens (primary N) is 1. The predicted octanol–water partition coefficient (Wildman–Crippen LogP) is 0.634. The summed E-state index contributed by atoms with van der Waals surface area (Å²) >= 11 is 0. The summed E-state index contributed by atoms with van der Waals surface area (Å²) in [6.07, 6.45) is 3.34. The first-order chi connectivity index (χ1) is 9.36.